The van der Waals surface area contributed by atoms with E-state index in [1.54, 1.807) is 0 Å². The second kappa shape index (κ2) is 4.96. The Morgan fingerprint density at radius 1 is 1.21 bits per heavy atom. The number of aromatic nitrogens is 1. The van der Waals surface area contributed by atoms with Gasteiger partial charge in [0, 0.05) is 5.38 Å². The number of carbonyl (C=O) groups is 1. The van der Waals surface area contributed by atoms with Gasteiger partial charge in [-0.25, -0.2) is 27.3 Å². The van der Waals surface area contributed by atoms with E-state index in [1.807, 2.05) is 0 Å². The van der Waals surface area contributed by atoms with E-state index in [4.69, 9.17) is 0 Å². The van der Waals surface area contributed by atoms with Crippen molar-refractivity contribution in [2.45, 2.75) is 0 Å². The number of benzene rings is 1. The van der Waals surface area contributed by atoms with Crippen molar-refractivity contribution in [3.05, 3.63) is 40.4 Å². The van der Waals surface area contributed by atoms with Gasteiger partial charge in [-0.1, -0.05) is 0 Å². The van der Waals surface area contributed by atoms with E-state index in [0.717, 1.165) is 18.4 Å². The molecule has 0 saturated heterocycles. The maximum atomic E-state index is 13.5. The first-order chi connectivity index (χ1) is 8.95. The smallest absolute Gasteiger partial charge is 0.357 e. The van der Waals surface area contributed by atoms with Crippen LogP contribution >= 0.6 is 11.3 Å². The van der Waals surface area contributed by atoms with Crippen LogP contribution in [0.4, 0.5) is 17.6 Å². The lowest BCUT2D eigenvalue weighted by Gasteiger charge is -2.02. The van der Waals surface area contributed by atoms with Crippen molar-refractivity contribution in [1.29, 1.82) is 0 Å². The minimum atomic E-state index is -1.93. The third-order valence-electron chi connectivity index (χ3n) is 2.23. The maximum Gasteiger partial charge on any atom is 0.357 e. The first-order valence-electron chi connectivity index (χ1n) is 4.83. The fraction of sp³-hybridized carbons (Fsp3) is 0.0909. The van der Waals surface area contributed by atoms with Gasteiger partial charge in [-0.3, -0.25) is 0 Å². The van der Waals surface area contributed by atoms with Crippen LogP contribution in [0.25, 0.3) is 10.6 Å². The van der Waals surface area contributed by atoms with Crippen molar-refractivity contribution in [3.8, 4) is 10.6 Å². The highest BCUT2D eigenvalue weighted by Crippen LogP contribution is 2.30. The van der Waals surface area contributed by atoms with Gasteiger partial charge in [0.05, 0.1) is 12.7 Å². The van der Waals surface area contributed by atoms with Crippen molar-refractivity contribution in [2.75, 3.05) is 7.11 Å². The number of esters is 1. The van der Waals surface area contributed by atoms with Crippen LogP contribution in [0.15, 0.2) is 11.4 Å². The summed E-state index contributed by atoms with van der Waals surface area (Å²) < 4.78 is 56.8. The predicted molar refractivity (Wildman–Crippen MR) is 58.7 cm³/mol. The Hall–Kier alpha value is -1.96. The van der Waals surface area contributed by atoms with E-state index in [1.165, 1.54) is 5.38 Å². The third-order valence-corrected chi connectivity index (χ3v) is 3.11. The summed E-state index contributed by atoms with van der Waals surface area (Å²) in [5.74, 6) is -7.70. The number of halogens is 4. The molecule has 0 radical (unpaired) electrons. The van der Waals surface area contributed by atoms with Crippen LogP contribution in [0.5, 0.6) is 0 Å². The molecular formula is C11H5F4NO2S. The molecule has 0 aliphatic heterocycles. The van der Waals surface area contributed by atoms with Gasteiger partial charge in [0.2, 0.25) is 0 Å². The fourth-order valence-corrected chi connectivity index (χ4v) is 2.12. The number of thiazole rings is 1. The molecule has 100 valence electrons. The van der Waals surface area contributed by atoms with E-state index in [9.17, 15) is 22.4 Å². The topological polar surface area (TPSA) is 39.2 Å². The highest BCUT2D eigenvalue weighted by atomic mass is 32.1. The Balaban J connectivity index is 2.54. The molecule has 0 unspecified atom stereocenters. The molecule has 0 fully saturated rings. The predicted octanol–water partition coefficient (Wildman–Crippen LogP) is 3.15. The Kier molecular flexibility index (Phi) is 3.52. The van der Waals surface area contributed by atoms with Gasteiger partial charge in [-0.05, 0) is 6.07 Å². The zero-order valence-corrected chi connectivity index (χ0v) is 10.2. The maximum absolute atomic E-state index is 13.5. The molecule has 0 amide bonds. The van der Waals surface area contributed by atoms with E-state index in [-0.39, 0.29) is 10.7 Å². The summed E-state index contributed by atoms with van der Waals surface area (Å²) in [6, 6.07) is 0.480. The highest BCUT2D eigenvalue weighted by molar-refractivity contribution is 7.13. The minimum Gasteiger partial charge on any atom is -0.464 e. The Morgan fingerprint density at radius 2 is 1.89 bits per heavy atom. The number of hydrogen-bond donors (Lipinski definition) is 0. The van der Waals surface area contributed by atoms with Crippen molar-refractivity contribution in [2.24, 2.45) is 0 Å². The molecule has 0 atom stereocenters. The van der Waals surface area contributed by atoms with Gasteiger partial charge in [-0.2, -0.15) is 0 Å². The minimum absolute atomic E-state index is 0.132. The van der Waals surface area contributed by atoms with Gasteiger partial charge in [0.1, 0.15) is 5.01 Å². The van der Waals surface area contributed by atoms with Crippen LogP contribution in [0.2, 0.25) is 0 Å². The summed E-state index contributed by atoms with van der Waals surface area (Å²) in [5, 5.41) is 1.08. The summed E-state index contributed by atoms with van der Waals surface area (Å²) in [4.78, 5) is 14.8. The molecule has 0 spiro atoms. The fourth-order valence-electron chi connectivity index (χ4n) is 1.32. The standard InChI is InChI=1S/C11H5F4NO2S/c1-18-11(17)6-3-19-10(16-6)4-2-5(12)8(14)9(15)7(4)13/h2-3H,1H3. The Labute approximate surface area is 108 Å². The largest absolute Gasteiger partial charge is 0.464 e. The third kappa shape index (κ3) is 2.30. The molecule has 8 heteroatoms. The Bertz CT molecular complexity index is 656. The number of carbonyl (C=O) groups excluding carboxylic acids is 1. The van der Waals surface area contributed by atoms with E-state index >= 15 is 0 Å². The number of nitrogens with zero attached hydrogens (tertiary/aromatic N) is 1. The van der Waals surface area contributed by atoms with Crippen LogP contribution in [-0.2, 0) is 4.74 Å². The van der Waals surface area contributed by atoms with Crippen molar-refractivity contribution >= 4 is 17.3 Å². The number of hydrogen-bond acceptors (Lipinski definition) is 4. The van der Waals surface area contributed by atoms with Crippen LogP contribution in [0.3, 0.4) is 0 Å². The first kappa shape index (κ1) is 13.5. The lowest BCUT2D eigenvalue weighted by atomic mass is 10.2. The monoisotopic (exact) mass is 291 g/mol. The molecular weight excluding hydrogens is 286 g/mol. The first-order valence-corrected chi connectivity index (χ1v) is 5.71. The lowest BCUT2D eigenvalue weighted by Crippen LogP contribution is -2.02. The summed E-state index contributed by atoms with van der Waals surface area (Å²) in [6.45, 7) is 0. The van der Waals surface area contributed by atoms with Gasteiger partial charge >= 0.3 is 5.97 Å². The average molecular weight is 291 g/mol. The summed E-state index contributed by atoms with van der Waals surface area (Å²) >= 11 is 0.776. The van der Waals surface area contributed by atoms with Gasteiger partial charge < -0.3 is 4.74 Å². The number of methoxy groups -OCH3 is 1. The van der Waals surface area contributed by atoms with Gasteiger partial charge in [0.15, 0.2) is 29.0 Å². The van der Waals surface area contributed by atoms with E-state index < -0.39 is 34.8 Å². The SMILES string of the molecule is COC(=O)c1csc(-c2cc(F)c(F)c(F)c2F)n1. The molecule has 2 aromatic rings. The molecule has 0 bridgehead atoms. The average Bonchev–Trinajstić information content (AvgIpc) is 2.89. The van der Waals surface area contributed by atoms with Crippen molar-refractivity contribution in [1.82, 2.24) is 4.98 Å². The summed E-state index contributed by atoms with van der Waals surface area (Å²) in [7, 11) is 1.12. The zero-order valence-electron chi connectivity index (χ0n) is 9.34. The second-order valence-electron chi connectivity index (χ2n) is 3.38. The second-order valence-corrected chi connectivity index (χ2v) is 4.24. The normalized spacial score (nSPS) is 10.6. The molecule has 1 aromatic heterocycles. The molecule has 0 aliphatic carbocycles. The molecule has 1 heterocycles. The number of rotatable bonds is 2. The van der Waals surface area contributed by atoms with E-state index in [2.05, 4.69) is 9.72 Å². The molecule has 3 nitrogen and oxygen atoms in total. The van der Waals surface area contributed by atoms with E-state index in [0.29, 0.717) is 6.07 Å². The Morgan fingerprint density at radius 3 is 2.53 bits per heavy atom. The zero-order chi connectivity index (χ0) is 14.2. The lowest BCUT2D eigenvalue weighted by molar-refractivity contribution is 0.0595. The molecule has 0 saturated carbocycles. The summed E-state index contributed by atoms with van der Waals surface area (Å²) in [5.41, 5.74) is -0.691. The quantitative estimate of drug-likeness (QED) is 0.369. The van der Waals surface area contributed by atoms with Crippen LogP contribution < -0.4 is 0 Å². The molecule has 0 aliphatic rings. The molecule has 2 rings (SSSR count). The molecule has 0 N–H and O–H groups in total. The van der Waals surface area contributed by atoms with Crippen LogP contribution in [0, 0.1) is 23.3 Å². The van der Waals surface area contributed by atoms with Crippen molar-refractivity contribution in [3.63, 3.8) is 0 Å². The number of ether oxygens (including phenoxy) is 1. The van der Waals surface area contributed by atoms with Crippen molar-refractivity contribution < 1.29 is 27.1 Å². The van der Waals surface area contributed by atoms with Crippen LogP contribution in [0.1, 0.15) is 10.5 Å². The molecule has 1 aromatic carbocycles. The van der Waals surface area contributed by atoms with Crippen LogP contribution in [-0.4, -0.2) is 18.1 Å². The summed E-state index contributed by atoms with van der Waals surface area (Å²) in [6.07, 6.45) is 0. The van der Waals surface area contributed by atoms with Gasteiger partial charge in [-0.15, -0.1) is 11.3 Å². The molecule has 19 heavy (non-hydrogen) atoms. The van der Waals surface area contributed by atoms with Gasteiger partial charge in [0.25, 0.3) is 0 Å². The highest BCUT2D eigenvalue weighted by Gasteiger charge is 2.22.